The smallest absolute Gasteiger partial charge is 0.261 e. The topological polar surface area (TPSA) is 90.3 Å². The van der Waals surface area contributed by atoms with Gasteiger partial charge >= 0.3 is 0 Å². The van der Waals surface area contributed by atoms with Crippen molar-refractivity contribution >= 4 is 11.8 Å². The maximum Gasteiger partial charge on any atom is 0.261 e. The molecule has 2 heterocycles. The zero-order chi connectivity index (χ0) is 13.6. The fraction of sp³-hybridized carbons (Fsp3) is 0.167. The van der Waals surface area contributed by atoms with E-state index in [-0.39, 0.29) is 17.1 Å². The van der Waals surface area contributed by atoms with Crippen molar-refractivity contribution in [2.45, 2.75) is 13.5 Å². The molecule has 0 atom stereocenters. The first-order chi connectivity index (χ1) is 9.09. The van der Waals surface area contributed by atoms with E-state index in [9.17, 15) is 14.8 Å². The summed E-state index contributed by atoms with van der Waals surface area (Å²) in [5, 5.41) is 14.8. The molecule has 1 aliphatic rings. The van der Waals surface area contributed by atoms with Gasteiger partial charge in [-0.25, -0.2) is 0 Å². The Kier molecular flexibility index (Phi) is 2.34. The van der Waals surface area contributed by atoms with Gasteiger partial charge in [-0.05, 0) is 17.0 Å². The molecule has 0 bridgehead atoms. The van der Waals surface area contributed by atoms with Crippen LogP contribution in [0.15, 0.2) is 28.9 Å². The number of aryl methyl sites for hydroxylation is 1. The van der Waals surface area contributed by atoms with Gasteiger partial charge in [-0.1, -0.05) is 12.1 Å². The molecule has 2 aromatic rings. The van der Waals surface area contributed by atoms with E-state index in [4.69, 9.17) is 0 Å². The zero-order valence-corrected chi connectivity index (χ0v) is 9.99. The van der Waals surface area contributed by atoms with Crippen molar-refractivity contribution < 1.29 is 19.1 Å². The van der Waals surface area contributed by atoms with Crippen molar-refractivity contribution in [3.63, 3.8) is 0 Å². The molecule has 1 aromatic heterocycles. The summed E-state index contributed by atoms with van der Waals surface area (Å²) in [4.78, 5) is 25.4. The minimum absolute atomic E-state index is 0.148. The normalized spacial score (nSPS) is 14.1. The second-order valence-electron chi connectivity index (χ2n) is 4.20. The molecular weight excluding hydrogens is 250 g/mol. The Morgan fingerprint density at radius 1 is 1.26 bits per heavy atom. The van der Waals surface area contributed by atoms with Gasteiger partial charge in [0.15, 0.2) is 0 Å². The van der Waals surface area contributed by atoms with Gasteiger partial charge in [0.2, 0.25) is 11.4 Å². The monoisotopic (exact) mass is 259 g/mol. The Morgan fingerprint density at radius 2 is 1.84 bits per heavy atom. The fourth-order valence-corrected chi connectivity index (χ4v) is 2.04. The molecule has 1 aromatic carbocycles. The van der Waals surface area contributed by atoms with Crippen LogP contribution in [-0.2, 0) is 6.54 Å². The molecule has 0 N–H and O–H groups in total. The third-order valence-corrected chi connectivity index (χ3v) is 3.08. The van der Waals surface area contributed by atoms with Crippen molar-refractivity contribution in [3.8, 4) is 0 Å². The van der Waals surface area contributed by atoms with E-state index >= 15 is 0 Å². The third-order valence-electron chi connectivity index (χ3n) is 3.08. The van der Waals surface area contributed by atoms with E-state index in [2.05, 4.69) is 9.79 Å². The number of aromatic nitrogens is 2. The van der Waals surface area contributed by atoms with Gasteiger partial charge in [0.25, 0.3) is 11.8 Å². The Morgan fingerprint density at radius 3 is 2.32 bits per heavy atom. The van der Waals surface area contributed by atoms with E-state index in [1.54, 1.807) is 31.2 Å². The number of carbonyl (C=O) groups is 2. The Labute approximate surface area is 107 Å². The molecule has 0 radical (unpaired) electrons. The van der Waals surface area contributed by atoms with E-state index in [1.165, 1.54) is 0 Å². The van der Waals surface area contributed by atoms with Crippen LogP contribution in [0.1, 0.15) is 32.1 Å². The van der Waals surface area contributed by atoms with Crippen LogP contribution in [0.4, 0.5) is 0 Å². The van der Waals surface area contributed by atoms with Crippen LogP contribution in [-0.4, -0.2) is 21.9 Å². The van der Waals surface area contributed by atoms with Crippen LogP contribution in [0, 0.1) is 12.1 Å². The van der Waals surface area contributed by atoms with E-state index in [0.717, 1.165) is 4.90 Å². The third kappa shape index (κ3) is 1.59. The maximum atomic E-state index is 12.1. The lowest BCUT2D eigenvalue weighted by Gasteiger charge is -2.11. The first-order valence-electron chi connectivity index (χ1n) is 5.60. The van der Waals surface area contributed by atoms with Crippen LogP contribution in [0.2, 0.25) is 0 Å². The van der Waals surface area contributed by atoms with Crippen LogP contribution >= 0.6 is 0 Å². The second kappa shape index (κ2) is 3.91. The number of hydrogen-bond donors (Lipinski definition) is 0. The number of fused-ring (bicyclic) bond motifs is 1. The summed E-state index contributed by atoms with van der Waals surface area (Å²) in [5.41, 5.74) is 1.19. The van der Waals surface area contributed by atoms with Crippen LogP contribution in [0.25, 0.3) is 0 Å². The molecule has 1 aliphatic heterocycles. The molecule has 0 aliphatic carbocycles. The van der Waals surface area contributed by atoms with E-state index in [1.807, 2.05) is 0 Å². The fourth-order valence-electron chi connectivity index (χ4n) is 2.04. The molecule has 3 rings (SSSR count). The lowest BCUT2D eigenvalue weighted by Crippen LogP contribution is -2.36. The van der Waals surface area contributed by atoms with Gasteiger partial charge in [-0.2, -0.15) is 0 Å². The summed E-state index contributed by atoms with van der Waals surface area (Å²) in [6.07, 6.45) is 0. The van der Waals surface area contributed by atoms with Gasteiger partial charge in [-0.15, -0.1) is 0 Å². The van der Waals surface area contributed by atoms with Gasteiger partial charge in [0.05, 0.1) is 17.7 Å². The highest BCUT2D eigenvalue weighted by atomic mass is 16.8. The lowest BCUT2D eigenvalue weighted by molar-refractivity contribution is -0.808. The molecule has 0 saturated carbocycles. The zero-order valence-electron chi connectivity index (χ0n) is 9.99. The van der Waals surface area contributed by atoms with Crippen LogP contribution < -0.4 is 4.90 Å². The molecule has 7 heteroatoms. The summed E-state index contributed by atoms with van der Waals surface area (Å²) in [7, 11) is 0. The average molecular weight is 259 g/mol. The highest BCUT2D eigenvalue weighted by Crippen LogP contribution is 2.23. The van der Waals surface area contributed by atoms with Gasteiger partial charge < -0.3 is 5.21 Å². The quantitative estimate of drug-likeness (QED) is 0.575. The van der Waals surface area contributed by atoms with Crippen molar-refractivity contribution in [2.24, 2.45) is 0 Å². The van der Waals surface area contributed by atoms with Crippen molar-refractivity contribution in [3.05, 3.63) is 52.0 Å². The number of hydrogen-bond acceptors (Lipinski definition) is 5. The van der Waals surface area contributed by atoms with Gasteiger partial charge in [0, 0.05) is 12.1 Å². The highest BCUT2D eigenvalue weighted by Gasteiger charge is 2.37. The molecule has 96 valence electrons. The van der Waals surface area contributed by atoms with Crippen molar-refractivity contribution in [2.75, 3.05) is 0 Å². The predicted octanol–water partition coefficient (Wildman–Crippen LogP) is 0.413. The second-order valence-corrected chi connectivity index (χ2v) is 4.20. The largest absolute Gasteiger partial charge is 0.359 e. The van der Waals surface area contributed by atoms with Crippen LogP contribution in [0.5, 0.6) is 0 Å². The minimum Gasteiger partial charge on any atom is -0.359 e. The number of carbonyl (C=O) groups excluding carboxylic acids is 2. The number of nitrogens with zero attached hydrogens (tertiary/aromatic N) is 3. The first kappa shape index (κ1) is 11.4. The lowest BCUT2D eigenvalue weighted by atomic mass is 10.1. The summed E-state index contributed by atoms with van der Waals surface area (Å²) in [5.74, 6) is -0.831. The molecule has 0 unspecified atom stereocenters. The SMILES string of the molecule is Cc1no[n+]([O-])c1CN1C(=O)c2ccccc2C1=O. The summed E-state index contributed by atoms with van der Waals surface area (Å²) in [6, 6.07) is 6.54. The van der Waals surface area contributed by atoms with Crippen LogP contribution in [0.3, 0.4) is 0 Å². The maximum absolute atomic E-state index is 12.1. The molecule has 2 amide bonds. The van der Waals surface area contributed by atoms with Crippen molar-refractivity contribution in [1.82, 2.24) is 10.1 Å². The number of amides is 2. The standard InChI is InChI=1S/C12H9N3O4/c1-7-10(15(18)19-13-7)6-14-11(16)8-4-2-3-5-9(8)12(14)17/h2-5H,6H2,1H3. The molecule has 0 fully saturated rings. The minimum atomic E-state index is -0.416. The van der Waals surface area contributed by atoms with E-state index in [0.29, 0.717) is 16.8 Å². The first-order valence-corrected chi connectivity index (χ1v) is 5.60. The predicted molar refractivity (Wildman–Crippen MR) is 60.8 cm³/mol. The summed E-state index contributed by atoms with van der Waals surface area (Å²) >= 11 is 0. The van der Waals surface area contributed by atoms with E-state index < -0.39 is 11.8 Å². The summed E-state index contributed by atoms with van der Waals surface area (Å²) in [6.45, 7) is 1.43. The Hall–Kier alpha value is -2.70. The Balaban J connectivity index is 1.97. The number of imide groups is 1. The number of rotatable bonds is 2. The molecule has 7 nitrogen and oxygen atoms in total. The Bertz CT molecular complexity index is 638. The molecular formula is C12H9N3O4. The summed E-state index contributed by atoms with van der Waals surface area (Å²) < 4.78 is 4.42. The number of benzene rings is 1. The molecule has 0 spiro atoms. The van der Waals surface area contributed by atoms with Gasteiger partial charge in [-0.3, -0.25) is 19.1 Å². The molecule has 0 saturated heterocycles. The average Bonchev–Trinajstić information content (AvgIpc) is 2.85. The van der Waals surface area contributed by atoms with Gasteiger partial charge in [0.1, 0.15) is 0 Å². The van der Waals surface area contributed by atoms with Crippen molar-refractivity contribution in [1.29, 1.82) is 0 Å². The molecule has 19 heavy (non-hydrogen) atoms. The highest BCUT2D eigenvalue weighted by molar-refractivity contribution is 6.21.